The number of aromatic nitrogens is 1. The minimum atomic E-state index is -3.73. The second-order valence-electron chi connectivity index (χ2n) is 7.23. The van der Waals surface area contributed by atoms with Gasteiger partial charge in [0, 0.05) is 25.7 Å². The Balaban J connectivity index is 1.50. The minimum Gasteiger partial charge on any atom is -0.497 e. The zero-order valence-corrected chi connectivity index (χ0v) is 18.3. The van der Waals surface area contributed by atoms with Crippen LogP contribution in [0, 0.1) is 0 Å². The second kappa shape index (κ2) is 9.15. The molecule has 1 saturated heterocycles. The maximum atomic E-state index is 12.8. The smallest absolute Gasteiger partial charge is 0.420 e. The Labute approximate surface area is 184 Å². The van der Waals surface area contributed by atoms with Crippen LogP contribution in [0.1, 0.15) is 5.56 Å². The normalized spacial score (nSPS) is 15.0. The summed E-state index contributed by atoms with van der Waals surface area (Å²) >= 11 is 0. The van der Waals surface area contributed by atoms with Gasteiger partial charge in [-0.3, -0.25) is 9.36 Å². The first-order valence-electron chi connectivity index (χ1n) is 9.99. The summed E-state index contributed by atoms with van der Waals surface area (Å²) in [5, 5.41) is 2.75. The van der Waals surface area contributed by atoms with E-state index in [1.165, 1.54) is 27.1 Å². The van der Waals surface area contributed by atoms with Crippen LogP contribution in [0.5, 0.6) is 5.75 Å². The van der Waals surface area contributed by atoms with E-state index in [2.05, 4.69) is 5.32 Å². The molecule has 170 valence electrons. The van der Waals surface area contributed by atoms with Crippen molar-refractivity contribution >= 4 is 27.0 Å². The molecule has 1 aliphatic heterocycles. The molecule has 2 aromatic carbocycles. The highest BCUT2D eigenvalue weighted by Crippen LogP contribution is 2.22. The number of sulfonamides is 1. The van der Waals surface area contributed by atoms with Crippen LogP contribution in [0.25, 0.3) is 11.1 Å². The predicted octanol–water partition coefficient (Wildman–Crippen LogP) is 0.940. The fourth-order valence-electron chi connectivity index (χ4n) is 3.48. The van der Waals surface area contributed by atoms with Crippen molar-refractivity contribution in [3.05, 3.63) is 58.6 Å². The lowest BCUT2D eigenvalue weighted by atomic mass is 10.2. The van der Waals surface area contributed by atoms with E-state index in [1.807, 2.05) is 12.1 Å². The lowest BCUT2D eigenvalue weighted by molar-refractivity contribution is -0.121. The summed E-state index contributed by atoms with van der Waals surface area (Å²) in [7, 11) is -2.17. The molecule has 3 aromatic rings. The van der Waals surface area contributed by atoms with Gasteiger partial charge < -0.3 is 19.2 Å². The Morgan fingerprint density at radius 2 is 1.94 bits per heavy atom. The molecular weight excluding hydrogens is 438 g/mol. The third-order valence-corrected chi connectivity index (χ3v) is 7.07. The maximum Gasteiger partial charge on any atom is 0.420 e. The molecule has 0 bridgehead atoms. The van der Waals surface area contributed by atoms with Crippen LogP contribution in [0.4, 0.5) is 0 Å². The first kappa shape index (κ1) is 22.1. The fraction of sp³-hybridized carbons (Fsp3) is 0.333. The molecular formula is C21H23N3O7S. The number of rotatable bonds is 7. The number of nitrogens with zero attached hydrogens (tertiary/aromatic N) is 2. The van der Waals surface area contributed by atoms with Crippen LogP contribution in [-0.2, 0) is 32.6 Å². The molecule has 0 saturated carbocycles. The number of morpholine rings is 1. The zero-order chi connectivity index (χ0) is 22.7. The van der Waals surface area contributed by atoms with Gasteiger partial charge in [0.2, 0.25) is 15.9 Å². The molecule has 0 radical (unpaired) electrons. The molecule has 0 spiro atoms. The Morgan fingerprint density at radius 3 is 2.69 bits per heavy atom. The number of hydrogen-bond acceptors (Lipinski definition) is 7. The molecule has 4 rings (SSSR count). The average molecular weight is 461 g/mol. The quantitative estimate of drug-likeness (QED) is 0.556. The third kappa shape index (κ3) is 4.54. The van der Waals surface area contributed by atoms with Gasteiger partial charge in [0.25, 0.3) is 0 Å². The number of ether oxygens (including phenoxy) is 2. The van der Waals surface area contributed by atoms with Crippen LogP contribution in [-0.4, -0.2) is 56.6 Å². The van der Waals surface area contributed by atoms with E-state index >= 15 is 0 Å². The first-order valence-corrected chi connectivity index (χ1v) is 11.4. The molecule has 1 N–H and O–H groups in total. The predicted molar refractivity (Wildman–Crippen MR) is 115 cm³/mol. The van der Waals surface area contributed by atoms with Crippen molar-refractivity contribution in [3.8, 4) is 5.75 Å². The van der Waals surface area contributed by atoms with Gasteiger partial charge >= 0.3 is 5.76 Å². The summed E-state index contributed by atoms with van der Waals surface area (Å²) in [5.74, 6) is -0.447. The fourth-order valence-corrected chi connectivity index (χ4v) is 4.90. The van der Waals surface area contributed by atoms with Gasteiger partial charge in [0.1, 0.15) is 12.3 Å². The number of amides is 1. The number of carbonyl (C=O) groups excluding carboxylic acids is 1. The van der Waals surface area contributed by atoms with Crippen molar-refractivity contribution in [2.24, 2.45) is 0 Å². The van der Waals surface area contributed by atoms with Crippen molar-refractivity contribution in [2.75, 3.05) is 33.4 Å². The van der Waals surface area contributed by atoms with Gasteiger partial charge in [-0.15, -0.1) is 0 Å². The van der Waals surface area contributed by atoms with Crippen molar-refractivity contribution in [1.82, 2.24) is 14.2 Å². The number of oxazole rings is 1. The zero-order valence-electron chi connectivity index (χ0n) is 17.4. The summed E-state index contributed by atoms with van der Waals surface area (Å²) in [6, 6.07) is 11.5. The summed E-state index contributed by atoms with van der Waals surface area (Å²) in [4.78, 5) is 24.7. The van der Waals surface area contributed by atoms with E-state index in [1.54, 1.807) is 19.2 Å². The maximum absolute atomic E-state index is 12.8. The molecule has 1 aromatic heterocycles. The van der Waals surface area contributed by atoms with Crippen molar-refractivity contribution in [1.29, 1.82) is 0 Å². The number of methoxy groups -OCH3 is 1. The number of fused-ring (bicyclic) bond motifs is 1. The summed E-state index contributed by atoms with van der Waals surface area (Å²) in [6.45, 7) is 1.20. The Kier molecular flexibility index (Phi) is 6.31. The first-order chi connectivity index (χ1) is 15.4. The van der Waals surface area contributed by atoms with Crippen LogP contribution in [0.15, 0.2) is 56.6 Å². The topological polar surface area (TPSA) is 120 Å². The molecule has 1 fully saturated rings. The highest BCUT2D eigenvalue weighted by atomic mass is 32.2. The van der Waals surface area contributed by atoms with Crippen LogP contribution in [0.3, 0.4) is 0 Å². The molecule has 2 heterocycles. The van der Waals surface area contributed by atoms with E-state index in [9.17, 15) is 18.0 Å². The summed E-state index contributed by atoms with van der Waals surface area (Å²) < 4.78 is 43.8. The van der Waals surface area contributed by atoms with Gasteiger partial charge in [-0.05, 0) is 29.8 Å². The molecule has 1 amide bonds. The second-order valence-corrected chi connectivity index (χ2v) is 9.17. The molecule has 0 atom stereocenters. The van der Waals surface area contributed by atoms with Crippen molar-refractivity contribution in [3.63, 3.8) is 0 Å². The highest BCUT2D eigenvalue weighted by molar-refractivity contribution is 7.89. The van der Waals surface area contributed by atoms with Gasteiger partial charge in [-0.25, -0.2) is 13.2 Å². The van der Waals surface area contributed by atoms with Gasteiger partial charge in [0.05, 0.1) is 30.7 Å². The van der Waals surface area contributed by atoms with Crippen LogP contribution >= 0.6 is 0 Å². The summed E-state index contributed by atoms with van der Waals surface area (Å²) in [5.41, 5.74) is 1.29. The van der Waals surface area contributed by atoms with Gasteiger partial charge in [0.15, 0.2) is 5.58 Å². The van der Waals surface area contributed by atoms with Gasteiger partial charge in [-0.2, -0.15) is 4.31 Å². The molecule has 32 heavy (non-hydrogen) atoms. The van der Waals surface area contributed by atoms with E-state index in [4.69, 9.17) is 13.9 Å². The van der Waals surface area contributed by atoms with E-state index < -0.39 is 15.8 Å². The van der Waals surface area contributed by atoms with E-state index in [0.29, 0.717) is 24.5 Å². The average Bonchev–Trinajstić information content (AvgIpc) is 3.12. The number of benzene rings is 2. The number of nitrogens with one attached hydrogen (secondary N) is 1. The van der Waals surface area contributed by atoms with E-state index in [-0.39, 0.29) is 42.6 Å². The SMILES string of the molecule is COc1cccc(CNC(=O)Cn2c(=O)oc3cc(S(=O)(=O)N4CCOCC4)ccc32)c1. The molecule has 0 aliphatic carbocycles. The largest absolute Gasteiger partial charge is 0.497 e. The molecule has 0 unspecified atom stereocenters. The lowest BCUT2D eigenvalue weighted by Crippen LogP contribution is -2.40. The van der Waals surface area contributed by atoms with Crippen molar-refractivity contribution in [2.45, 2.75) is 18.0 Å². The highest BCUT2D eigenvalue weighted by Gasteiger charge is 2.27. The standard InChI is InChI=1S/C21H23N3O7S/c1-29-16-4-2-3-15(11-16)13-22-20(25)14-24-18-6-5-17(12-19(18)31-21(24)26)32(27,28)23-7-9-30-10-8-23/h2-6,11-12H,7-10,13-14H2,1H3,(H,22,25). The minimum absolute atomic E-state index is 0.0234. The molecule has 1 aliphatic rings. The monoisotopic (exact) mass is 461 g/mol. The number of carbonyl (C=O) groups is 1. The Morgan fingerprint density at radius 1 is 1.16 bits per heavy atom. The van der Waals surface area contributed by atoms with Gasteiger partial charge in [-0.1, -0.05) is 12.1 Å². The molecule has 10 nitrogen and oxygen atoms in total. The Bertz CT molecular complexity index is 1290. The van der Waals surface area contributed by atoms with Crippen molar-refractivity contribution < 1.29 is 27.1 Å². The lowest BCUT2D eigenvalue weighted by Gasteiger charge is -2.25. The van der Waals surface area contributed by atoms with Crippen LogP contribution in [0.2, 0.25) is 0 Å². The number of hydrogen-bond donors (Lipinski definition) is 1. The Hall–Kier alpha value is -3.15. The molecule has 11 heteroatoms. The van der Waals surface area contributed by atoms with Crippen LogP contribution < -0.4 is 15.8 Å². The van der Waals surface area contributed by atoms with E-state index in [0.717, 1.165) is 5.56 Å². The third-order valence-electron chi connectivity index (χ3n) is 5.17. The summed E-state index contributed by atoms with van der Waals surface area (Å²) in [6.07, 6.45) is 0.